The van der Waals surface area contributed by atoms with Gasteiger partial charge in [0.15, 0.2) is 0 Å². The van der Waals surface area contributed by atoms with Crippen LogP contribution in [-0.4, -0.2) is 0 Å². The van der Waals surface area contributed by atoms with Gasteiger partial charge in [0.05, 0.1) is 0 Å². The standard InChI is InChI=1S/C25H16NO3.V/c1-15-21(18-13-11-17(12-14-18)16-7-3-2-4-8-16)22-23(29-24(15)26)19-9-5-6-10-20(19)28-25(22)27;/h2-14,21H,26H2;. The van der Waals surface area contributed by atoms with Gasteiger partial charge in [-0.15, -0.1) is 0 Å². The third kappa shape index (κ3) is 2.99. The van der Waals surface area contributed by atoms with Crippen LogP contribution in [0.1, 0.15) is 17.0 Å². The number of hydrogen-bond acceptors (Lipinski definition) is 4. The molecule has 0 aliphatic carbocycles. The fourth-order valence-corrected chi connectivity index (χ4v) is 4.27. The van der Waals surface area contributed by atoms with Crippen LogP contribution in [0.25, 0.3) is 22.1 Å². The van der Waals surface area contributed by atoms with E-state index in [9.17, 15) is 4.79 Å². The van der Waals surface area contributed by atoms with E-state index in [4.69, 9.17) is 14.9 Å². The van der Waals surface area contributed by atoms with Crippen molar-refractivity contribution in [3.63, 3.8) is 0 Å². The van der Waals surface area contributed by atoms with Gasteiger partial charge in [0, 0.05) is 0 Å². The van der Waals surface area contributed by atoms with Crippen molar-refractivity contribution in [2.24, 2.45) is 5.73 Å². The van der Waals surface area contributed by atoms with Gasteiger partial charge in [0.25, 0.3) is 0 Å². The second-order valence-corrected chi connectivity index (χ2v) is 7.39. The normalized spacial score (nSPS) is 15.4. The molecule has 0 radical (unpaired) electrons. The van der Waals surface area contributed by atoms with Crippen molar-refractivity contribution in [1.29, 1.82) is 0 Å². The topological polar surface area (TPSA) is 65.5 Å². The molecule has 0 bridgehead atoms. The summed E-state index contributed by atoms with van der Waals surface area (Å²) in [4.78, 5) is 13.0. The first-order chi connectivity index (χ1) is 14.7. The average Bonchev–Trinajstić information content (AvgIpc) is 2.79. The Bertz CT molecular complexity index is 1400. The number of allylic oxidation sites excluding steroid dienone is 1. The fraction of sp³-hybridized carbons (Fsp3) is 0.0400. The molecule has 0 amide bonds. The fourth-order valence-electron chi connectivity index (χ4n) is 3.90. The van der Waals surface area contributed by atoms with Gasteiger partial charge < -0.3 is 0 Å². The molecule has 1 unspecified atom stereocenters. The molecule has 1 aliphatic heterocycles. The zero-order valence-electron chi connectivity index (χ0n) is 15.8. The van der Waals surface area contributed by atoms with Crippen LogP contribution in [0.2, 0.25) is 0 Å². The minimum atomic E-state index is -0.436. The van der Waals surface area contributed by atoms with E-state index in [0.29, 0.717) is 27.9 Å². The summed E-state index contributed by atoms with van der Waals surface area (Å²) < 4.78 is 14.6. The molecule has 1 aromatic heterocycles. The van der Waals surface area contributed by atoms with E-state index in [2.05, 4.69) is 33.5 Å². The van der Waals surface area contributed by atoms with Crippen molar-refractivity contribution < 1.29 is 25.9 Å². The Labute approximate surface area is 181 Å². The van der Waals surface area contributed by atoms with Gasteiger partial charge >= 0.3 is 182 Å². The molecule has 5 heteroatoms. The molecule has 0 saturated carbocycles. The van der Waals surface area contributed by atoms with E-state index < -0.39 is 11.5 Å². The monoisotopic (exact) mass is 429 g/mol. The zero-order chi connectivity index (χ0) is 20.7. The molecule has 30 heavy (non-hydrogen) atoms. The van der Waals surface area contributed by atoms with Crippen molar-refractivity contribution >= 4 is 11.0 Å². The number of benzene rings is 3. The van der Waals surface area contributed by atoms with Crippen LogP contribution in [0.15, 0.2) is 99.5 Å². The van der Waals surface area contributed by atoms with Crippen LogP contribution in [-0.2, 0) is 16.8 Å². The van der Waals surface area contributed by atoms with Crippen LogP contribution in [0, 0.1) is 4.53 Å². The van der Waals surface area contributed by atoms with Crippen molar-refractivity contribution in [3.05, 3.63) is 112 Å². The summed E-state index contributed by atoms with van der Waals surface area (Å²) in [6.45, 7) is 0. The molecule has 3 aromatic carbocycles. The van der Waals surface area contributed by atoms with E-state index >= 15 is 0 Å². The molecule has 2 N–H and O–H groups in total. The number of nitrogens with two attached hydrogens (primary N) is 1. The Morgan fingerprint density at radius 2 is 1.53 bits per heavy atom. The summed E-state index contributed by atoms with van der Waals surface area (Å²) in [5, 5.41) is 0.714. The Morgan fingerprint density at radius 1 is 0.867 bits per heavy atom. The molecule has 2 heterocycles. The van der Waals surface area contributed by atoms with Crippen molar-refractivity contribution in [1.82, 2.24) is 0 Å². The quantitative estimate of drug-likeness (QED) is 0.471. The van der Waals surface area contributed by atoms with Gasteiger partial charge in [0.1, 0.15) is 0 Å². The number of hydrogen-bond donors (Lipinski definition) is 1. The summed E-state index contributed by atoms with van der Waals surface area (Å²) in [7, 11) is 0. The predicted octanol–water partition coefficient (Wildman–Crippen LogP) is 4.66. The van der Waals surface area contributed by atoms with Crippen LogP contribution < -0.4 is 16.1 Å². The number of rotatable bonds is 2. The van der Waals surface area contributed by atoms with Crippen LogP contribution >= 0.6 is 0 Å². The van der Waals surface area contributed by atoms with Gasteiger partial charge in [0.2, 0.25) is 0 Å². The van der Waals surface area contributed by atoms with Crippen LogP contribution in [0.5, 0.6) is 5.75 Å². The first-order valence-corrected chi connectivity index (χ1v) is 10.2. The average molecular weight is 429 g/mol. The first kappa shape index (κ1) is 18.6. The van der Waals surface area contributed by atoms with Gasteiger partial charge in [-0.3, -0.25) is 0 Å². The molecule has 4 aromatic rings. The van der Waals surface area contributed by atoms with Crippen LogP contribution in [0.4, 0.5) is 0 Å². The summed E-state index contributed by atoms with van der Waals surface area (Å²) in [6.07, 6.45) is 0. The third-order valence-electron chi connectivity index (χ3n) is 5.33. The van der Waals surface area contributed by atoms with Crippen molar-refractivity contribution in [3.8, 4) is 21.4 Å². The van der Waals surface area contributed by atoms with Crippen LogP contribution in [0.3, 0.4) is 0 Å². The molecule has 0 fully saturated rings. The predicted molar refractivity (Wildman–Crippen MR) is 112 cm³/mol. The molecule has 144 valence electrons. The molecule has 1 aliphatic rings. The van der Waals surface area contributed by atoms with E-state index in [1.54, 1.807) is 6.07 Å². The van der Waals surface area contributed by atoms with Gasteiger partial charge in [-0.1, -0.05) is 0 Å². The second-order valence-electron chi connectivity index (χ2n) is 7.04. The minimum absolute atomic E-state index is 0.232. The Hall–Kier alpha value is -3.43. The molecule has 4 nitrogen and oxygen atoms in total. The number of fused-ring (bicyclic) bond motifs is 3. The van der Waals surface area contributed by atoms with E-state index in [0.717, 1.165) is 16.7 Å². The number of ether oxygens (including phenoxy) is 1. The van der Waals surface area contributed by atoms with E-state index in [1.807, 2.05) is 60.7 Å². The molecule has 0 saturated heterocycles. The second kappa shape index (κ2) is 7.44. The van der Waals surface area contributed by atoms with Gasteiger partial charge in [-0.25, -0.2) is 0 Å². The Morgan fingerprint density at radius 3 is 2.27 bits per heavy atom. The summed E-state index contributed by atoms with van der Waals surface area (Å²) in [5.74, 6) is 0.251. The van der Waals surface area contributed by atoms with E-state index in [1.165, 1.54) is 0 Å². The zero-order valence-corrected chi connectivity index (χ0v) is 17.2. The van der Waals surface area contributed by atoms with Gasteiger partial charge in [-0.05, 0) is 0 Å². The molecule has 1 atom stereocenters. The molecular weight excluding hydrogens is 413 g/mol. The molecular formula is C25H16NO3V. The molecule has 5 rings (SSSR count). The van der Waals surface area contributed by atoms with E-state index in [-0.39, 0.29) is 5.88 Å². The van der Waals surface area contributed by atoms with Crippen molar-refractivity contribution in [2.75, 3.05) is 0 Å². The van der Waals surface area contributed by atoms with Crippen molar-refractivity contribution in [2.45, 2.75) is 5.92 Å². The number of para-hydroxylation sites is 1. The summed E-state index contributed by atoms with van der Waals surface area (Å²) >= 11 is 2.27. The summed E-state index contributed by atoms with van der Waals surface area (Å²) in [6, 6.07) is 25.5. The third-order valence-corrected chi connectivity index (χ3v) is 5.70. The SMILES string of the molecule is NC1=C([C]#[V])C(c2ccc(-c3ccccc3)cc2)c2c(c3ccccc3oc2=O)O1. The Balaban J connectivity index is 1.71. The molecule has 0 spiro atoms. The maximum absolute atomic E-state index is 13.0. The van der Waals surface area contributed by atoms with Gasteiger partial charge in [-0.2, -0.15) is 0 Å². The Kier molecular flexibility index (Phi) is 4.61. The first-order valence-electron chi connectivity index (χ1n) is 9.46. The maximum atomic E-state index is 13.0. The summed E-state index contributed by atoms with van der Waals surface area (Å²) in [5.41, 5.74) is 10.5.